The number of likely N-dealkylation sites (N-methyl/N-ethyl adjacent to an activating group) is 1. The number of aliphatic carboxylic acids is 1. The van der Waals surface area contributed by atoms with Gasteiger partial charge in [-0.25, -0.2) is 0 Å². The Labute approximate surface area is 198 Å². The zero-order chi connectivity index (χ0) is 24.1. The number of benzene rings is 3. The van der Waals surface area contributed by atoms with Crippen LogP contribution in [0.25, 0.3) is 34.0 Å². The summed E-state index contributed by atoms with van der Waals surface area (Å²) in [6, 6.07) is 22.1. The van der Waals surface area contributed by atoms with E-state index in [-0.39, 0.29) is 6.54 Å². The fourth-order valence-electron chi connectivity index (χ4n) is 4.00. The van der Waals surface area contributed by atoms with E-state index in [2.05, 4.69) is 35.3 Å². The molecule has 0 spiro atoms. The molecule has 0 fully saturated rings. The van der Waals surface area contributed by atoms with Crippen LogP contribution in [0.5, 0.6) is 0 Å². The Balaban J connectivity index is 1.61. The van der Waals surface area contributed by atoms with Crippen LogP contribution in [0.15, 0.2) is 71.3 Å². The lowest BCUT2D eigenvalue weighted by Crippen LogP contribution is -2.25. The fraction of sp³-hybridized carbons (Fsp3) is 0.222. The maximum atomic E-state index is 10.9. The summed E-state index contributed by atoms with van der Waals surface area (Å²) in [5, 5.41) is 13.1. The van der Waals surface area contributed by atoms with Gasteiger partial charge in [-0.05, 0) is 60.0 Å². The van der Waals surface area contributed by atoms with Gasteiger partial charge in [-0.15, -0.1) is 0 Å². The van der Waals surface area contributed by atoms with E-state index >= 15 is 0 Å². The van der Waals surface area contributed by atoms with Crippen LogP contribution in [0.4, 0.5) is 0 Å². The third kappa shape index (κ3) is 5.39. The maximum Gasteiger partial charge on any atom is 0.317 e. The number of carboxylic acid groups (broad SMARTS) is 1. The monoisotopic (exact) mass is 457 g/mol. The predicted octanol–water partition coefficient (Wildman–Crippen LogP) is 5.04. The van der Waals surface area contributed by atoms with Crippen LogP contribution in [-0.2, 0) is 22.7 Å². The van der Waals surface area contributed by atoms with Crippen LogP contribution in [0.2, 0.25) is 0 Å². The zero-order valence-electron chi connectivity index (χ0n) is 19.5. The van der Waals surface area contributed by atoms with Crippen molar-refractivity contribution in [2.45, 2.75) is 20.1 Å². The van der Waals surface area contributed by atoms with Gasteiger partial charge in [0.25, 0.3) is 5.89 Å². The summed E-state index contributed by atoms with van der Waals surface area (Å²) in [7, 11) is 3.45. The molecule has 0 bridgehead atoms. The molecule has 1 aromatic heterocycles. The first kappa shape index (κ1) is 23.4. The standard InChI is InChI=1S/C27H27N3O4/c1-18-7-4-5-10-23(18)24-12-11-21(14-22(24)17-33-3)27-28-26(29-34-27)20-9-6-8-19(13-20)15-30(2)16-25(31)32/h4-14H,15-17H2,1-3H3,(H,31,32). The number of hydrogen-bond acceptors (Lipinski definition) is 6. The molecule has 0 aliphatic rings. The molecule has 0 aliphatic heterocycles. The van der Waals surface area contributed by atoms with Gasteiger partial charge in [0.2, 0.25) is 5.82 Å². The molecule has 34 heavy (non-hydrogen) atoms. The van der Waals surface area contributed by atoms with Crippen molar-refractivity contribution in [3.05, 3.63) is 83.4 Å². The molecule has 1 N–H and O–H groups in total. The minimum Gasteiger partial charge on any atom is -0.480 e. The molecule has 1 heterocycles. The Morgan fingerprint density at radius 1 is 1.03 bits per heavy atom. The van der Waals surface area contributed by atoms with Crippen molar-refractivity contribution >= 4 is 5.97 Å². The van der Waals surface area contributed by atoms with Gasteiger partial charge in [-0.2, -0.15) is 4.98 Å². The smallest absolute Gasteiger partial charge is 0.317 e. The summed E-state index contributed by atoms with van der Waals surface area (Å²) >= 11 is 0. The SMILES string of the molecule is COCc1cc(-c2nc(-c3cccc(CN(C)CC(=O)O)c3)no2)ccc1-c1ccccc1C. The normalized spacial score (nSPS) is 11.2. The molecular formula is C27H27N3O4. The first-order chi connectivity index (χ1) is 16.4. The summed E-state index contributed by atoms with van der Waals surface area (Å²) in [6.45, 7) is 3.03. The van der Waals surface area contributed by atoms with Crippen molar-refractivity contribution in [1.82, 2.24) is 15.0 Å². The molecule has 4 aromatic rings. The zero-order valence-corrected chi connectivity index (χ0v) is 19.5. The molecule has 7 heteroatoms. The molecule has 174 valence electrons. The van der Waals surface area contributed by atoms with Gasteiger partial charge in [0.1, 0.15) is 0 Å². The van der Waals surface area contributed by atoms with Gasteiger partial charge in [-0.1, -0.05) is 53.7 Å². The average Bonchev–Trinajstić information content (AvgIpc) is 3.30. The number of carbonyl (C=O) groups is 1. The van der Waals surface area contributed by atoms with Gasteiger partial charge in [-0.3, -0.25) is 9.69 Å². The summed E-state index contributed by atoms with van der Waals surface area (Å²) < 4.78 is 11.0. The largest absolute Gasteiger partial charge is 0.480 e. The van der Waals surface area contributed by atoms with E-state index in [1.54, 1.807) is 19.1 Å². The van der Waals surface area contributed by atoms with E-state index in [9.17, 15) is 4.79 Å². The van der Waals surface area contributed by atoms with Gasteiger partial charge >= 0.3 is 5.97 Å². The van der Waals surface area contributed by atoms with Crippen LogP contribution in [0.3, 0.4) is 0 Å². The maximum absolute atomic E-state index is 10.9. The minimum atomic E-state index is -0.859. The van der Waals surface area contributed by atoms with Crippen molar-refractivity contribution in [1.29, 1.82) is 0 Å². The van der Waals surface area contributed by atoms with Gasteiger partial charge < -0.3 is 14.4 Å². The number of nitrogens with zero attached hydrogens (tertiary/aromatic N) is 3. The van der Waals surface area contributed by atoms with Crippen LogP contribution >= 0.6 is 0 Å². The first-order valence-corrected chi connectivity index (χ1v) is 11.0. The summed E-state index contributed by atoms with van der Waals surface area (Å²) in [5.74, 6) is 0.0499. The number of carboxylic acids is 1. The van der Waals surface area contributed by atoms with E-state index in [1.807, 2.05) is 48.5 Å². The van der Waals surface area contributed by atoms with Crippen LogP contribution < -0.4 is 0 Å². The summed E-state index contributed by atoms with van der Waals surface area (Å²) in [5.41, 5.74) is 7.11. The lowest BCUT2D eigenvalue weighted by molar-refractivity contribution is -0.138. The molecule has 4 rings (SSSR count). The third-order valence-corrected chi connectivity index (χ3v) is 5.56. The van der Waals surface area contributed by atoms with Crippen molar-refractivity contribution in [2.24, 2.45) is 0 Å². The number of aromatic nitrogens is 2. The molecular weight excluding hydrogens is 430 g/mol. The predicted molar refractivity (Wildman–Crippen MR) is 130 cm³/mol. The van der Waals surface area contributed by atoms with E-state index < -0.39 is 5.97 Å². The number of hydrogen-bond donors (Lipinski definition) is 1. The highest BCUT2D eigenvalue weighted by Crippen LogP contribution is 2.31. The molecule has 0 unspecified atom stereocenters. The molecule has 3 aromatic carbocycles. The summed E-state index contributed by atoms with van der Waals surface area (Å²) in [6.07, 6.45) is 0. The fourth-order valence-corrected chi connectivity index (χ4v) is 4.00. The molecule has 0 saturated heterocycles. The second-order valence-corrected chi connectivity index (χ2v) is 8.31. The molecule has 0 radical (unpaired) electrons. The van der Waals surface area contributed by atoms with E-state index in [0.717, 1.165) is 33.4 Å². The third-order valence-electron chi connectivity index (χ3n) is 5.56. The number of methoxy groups -OCH3 is 1. The van der Waals surface area contributed by atoms with Crippen LogP contribution in [-0.4, -0.2) is 46.8 Å². The highest BCUT2D eigenvalue weighted by molar-refractivity contribution is 5.74. The van der Waals surface area contributed by atoms with Gasteiger partial charge in [0.15, 0.2) is 0 Å². The average molecular weight is 458 g/mol. The van der Waals surface area contributed by atoms with Crippen LogP contribution in [0.1, 0.15) is 16.7 Å². The lowest BCUT2D eigenvalue weighted by Gasteiger charge is -2.14. The Morgan fingerprint density at radius 3 is 2.62 bits per heavy atom. The van der Waals surface area contributed by atoms with E-state index in [0.29, 0.717) is 24.9 Å². The Morgan fingerprint density at radius 2 is 1.85 bits per heavy atom. The lowest BCUT2D eigenvalue weighted by atomic mass is 9.94. The first-order valence-electron chi connectivity index (χ1n) is 11.0. The Hall–Kier alpha value is -3.81. The topological polar surface area (TPSA) is 88.7 Å². The second-order valence-electron chi connectivity index (χ2n) is 8.31. The van der Waals surface area contributed by atoms with Gasteiger partial charge in [0, 0.05) is 24.8 Å². The number of aryl methyl sites for hydroxylation is 1. The Bertz CT molecular complexity index is 1300. The Kier molecular flexibility index (Phi) is 7.15. The molecule has 0 atom stereocenters. The van der Waals surface area contributed by atoms with Gasteiger partial charge in [0.05, 0.1) is 13.2 Å². The quantitative estimate of drug-likeness (QED) is 0.377. The van der Waals surface area contributed by atoms with Crippen molar-refractivity contribution in [3.63, 3.8) is 0 Å². The second kappa shape index (κ2) is 10.4. The molecule has 7 nitrogen and oxygen atoms in total. The minimum absolute atomic E-state index is 0.0289. The van der Waals surface area contributed by atoms with E-state index in [4.69, 9.17) is 14.4 Å². The van der Waals surface area contributed by atoms with Crippen molar-refractivity contribution < 1.29 is 19.2 Å². The summed E-state index contributed by atoms with van der Waals surface area (Å²) in [4.78, 5) is 17.3. The van der Waals surface area contributed by atoms with Crippen LogP contribution in [0, 0.1) is 6.92 Å². The van der Waals surface area contributed by atoms with Crippen molar-refractivity contribution in [2.75, 3.05) is 20.7 Å². The van der Waals surface area contributed by atoms with Crippen molar-refractivity contribution in [3.8, 4) is 34.0 Å². The van der Waals surface area contributed by atoms with E-state index in [1.165, 1.54) is 5.56 Å². The highest BCUT2D eigenvalue weighted by Gasteiger charge is 2.15. The molecule has 0 aliphatic carbocycles. The molecule has 0 amide bonds. The highest BCUT2D eigenvalue weighted by atomic mass is 16.5. The molecule has 0 saturated carbocycles. The number of rotatable bonds is 9. The number of ether oxygens (including phenoxy) is 1.